The standard InChI is InChI=1S/C15H14N4/c16-19-17-14(12-7-3-1-4-8-12)11-15(18-19)13-9-5-2-6-10-13/h1-11,17H,16H2. The van der Waals surface area contributed by atoms with E-state index in [0.717, 1.165) is 22.5 Å². The quantitative estimate of drug-likeness (QED) is 0.803. The summed E-state index contributed by atoms with van der Waals surface area (Å²) in [5.74, 6) is 5.78. The Bertz CT molecular complexity index is 617. The SMILES string of the molecule is NN1N=C(c2ccccc2)C=C(c2ccccc2)N1. The Morgan fingerprint density at radius 1 is 0.842 bits per heavy atom. The van der Waals surface area contributed by atoms with Crippen LogP contribution < -0.4 is 11.3 Å². The third kappa shape index (κ3) is 2.48. The fourth-order valence-corrected chi connectivity index (χ4v) is 1.98. The predicted octanol–water partition coefficient (Wildman–Crippen LogP) is 2.13. The van der Waals surface area contributed by atoms with Gasteiger partial charge in [-0.25, -0.2) is 5.84 Å². The Hall–Kier alpha value is -2.59. The molecule has 0 unspecified atom stereocenters. The molecule has 2 aromatic carbocycles. The Labute approximate surface area is 111 Å². The van der Waals surface area contributed by atoms with Gasteiger partial charge in [0.05, 0.1) is 11.4 Å². The highest BCUT2D eigenvalue weighted by molar-refractivity contribution is 6.12. The van der Waals surface area contributed by atoms with Crippen LogP contribution in [0.25, 0.3) is 5.70 Å². The molecule has 94 valence electrons. The van der Waals surface area contributed by atoms with Crippen LogP contribution in [-0.2, 0) is 0 Å². The average Bonchev–Trinajstić information content (AvgIpc) is 2.48. The highest BCUT2D eigenvalue weighted by Crippen LogP contribution is 2.16. The van der Waals surface area contributed by atoms with Crippen molar-refractivity contribution in [3.63, 3.8) is 0 Å². The Morgan fingerprint density at radius 2 is 1.42 bits per heavy atom. The number of nitrogens with one attached hydrogen (secondary N) is 1. The van der Waals surface area contributed by atoms with E-state index in [1.165, 1.54) is 5.23 Å². The van der Waals surface area contributed by atoms with Crippen LogP contribution in [0.5, 0.6) is 0 Å². The lowest BCUT2D eigenvalue weighted by atomic mass is 10.1. The van der Waals surface area contributed by atoms with Crippen LogP contribution in [0.4, 0.5) is 0 Å². The molecule has 0 atom stereocenters. The maximum atomic E-state index is 5.78. The van der Waals surface area contributed by atoms with E-state index in [9.17, 15) is 0 Å². The van der Waals surface area contributed by atoms with Crippen molar-refractivity contribution in [2.24, 2.45) is 10.9 Å². The van der Waals surface area contributed by atoms with E-state index in [1.54, 1.807) is 0 Å². The van der Waals surface area contributed by atoms with E-state index in [-0.39, 0.29) is 0 Å². The van der Waals surface area contributed by atoms with Gasteiger partial charge in [0.1, 0.15) is 0 Å². The van der Waals surface area contributed by atoms with Gasteiger partial charge in [0.25, 0.3) is 0 Å². The Balaban J connectivity index is 2.00. The van der Waals surface area contributed by atoms with Crippen molar-refractivity contribution < 1.29 is 0 Å². The lowest BCUT2D eigenvalue weighted by Crippen LogP contribution is -2.41. The number of hydrazone groups is 1. The first kappa shape index (κ1) is 11.5. The lowest BCUT2D eigenvalue weighted by molar-refractivity contribution is 0.245. The van der Waals surface area contributed by atoms with Crippen molar-refractivity contribution in [3.05, 3.63) is 77.9 Å². The van der Waals surface area contributed by atoms with Gasteiger partial charge in [0.2, 0.25) is 0 Å². The minimum Gasteiger partial charge on any atom is -0.267 e. The minimum atomic E-state index is 0.834. The fraction of sp³-hybridized carbons (Fsp3) is 0. The summed E-state index contributed by atoms with van der Waals surface area (Å²) in [6, 6.07) is 20.0. The van der Waals surface area contributed by atoms with Crippen LogP contribution in [0.3, 0.4) is 0 Å². The summed E-state index contributed by atoms with van der Waals surface area (Å²) in [6.45, 7) is 0. The molecule has 4 heteroatoms. The smallest absolute Gasteiger partial charge is 0.0961 e. The first-order chi connectivity index (χ1) is 9.33. The summed E-state index contributed by atoms with van der Waals surface area (Å²) < 4.78 is 0. The van der Waals surface area contributed by atoms with Crippen LogP contribution in [0.2, 0.25) is 0 Å². The molecular weight excluding hydrogens is 236 g/mol. The van der Waals surface area contributed by atoms with E-state index in [0.29, 0.717) is 0 Å². The molecule has 0 radical (unpaired) electrons. The molecule has 1 aliphatic rings. The van der Waals surface area contributed by atoms with Crippen LogP contribution >= 0.6 is 0 Å². The number of nitrogens with zero attached hydrogens (tertiary/aromatic N) is 2. The van der Waals surface area contributed by atoms with Crippen molar-refractivity contribution in [1.29, 1.82) is 0 Å². The lowest BCUT2D eigenvalue weighted by Gasteiger charge is -2.23. The van der Waals surface area contributed by atoms with Gasteiger partial charge in [-0.05, 0) is 11.6 Å². The van der Waals surface area contributed by atoms with Gasteiger partial charge in [-0.3, -0.25) is 5.43 Å². The number of hydrazine groups is 2. The van der Waals surface area contributed by atoms with E-state index < -0.39 is 0 Å². The molecule has 0 saturated heterocycles. The first-order valence-electron chi connectivity index (χ1n) is 6.05. The van der Waals surface area contributed by atoms with Crippen LogP contribution in [0.15, 0.2) is 71.8 Å². The first-order valence-corrected chi connectivity index (χ1v) is 6.05. The molecule has 0 fully saturated rings. The maximum Gasteiger partial charge on any atom is 0.0961 e. The highest BCUT2D eigenvalue weighted by Gasteiger charge is 2.12. The molecule has 1 heterocycles. The topological polar surface area (TPSA) is 53.6 Å². The van der Waals surface area contributed by atoms with Gasteiger partial charge in [0, 0.05) is 5.56 Å². The molecule has 3 N–H and O–H groups in total. The summed E-state index contributed by atoms with van der Waals surface area (Å²) in [5, 5.41) is 5.51. The molecule has 4 nitrogen and oxygen atoms in total. The largest absolute Gasteiger partial charge is 0.267 e. The molecule has 0 aliphatic carbocycles. The van der Waals surface area contributed by atoms with Crippen LogP contribution in [0, 0.1) is 0 Å². The second-order valence-corrected chi connectivity index (χ2v) is 4.23. The highest BCUT2D eigenvalue weighted by atomic mass is 15.8. The number of benzene rings is 2. The molecule has 1 aliphatic heterocycles. The van der Waals surface area contributed by atoms with E-state index >= 15 is 0 Å². The third-order valence-electron chi connectivity index (χ3n) is 2.89. The van der Waals surface area contributed by atoms with Gasteiger partial charge in [-0.2, -0.15) is 0 Å². The summed E-state index contributed by atoms with van der Waals surface area (Å²) in [6.07, 6.45) is 1.99. The summed E-state index contributed by atoms with van der Waals surface area (Å²) in [5.41, 5.74) is 6.88. The zero-order valence-corrected chi connectivity index (χ0v) is 10.3. The number of nitrogens with two attached hydrogens (primary N) is 1. The summed E-state index contributed by atoms with van der Waals surface area (Å²) >= 11 is 0. The van der Waals surface area contributed by atoms with Crippen molar-refractivity contribution in [1.82, 2.24) is 10.7 Å². The molecule has 0 aromatic heterocycles. The second kappa shape index (κ2) is 4.96. The third-order valence-corrected chi connectivity index (χ3v) is 2.89. The van der Waals surface area contributed by atoms with Crippen LogP contribution in [-0.4, -0.2) is 10.9 Å². The van der Waals surface area contributed by atoms with Gasteiger partial charge in [-0.1, -0.05) is 60.7 Å². The zero-order valence-electron chi connectivity index (χ0n) is 10.3. The van der Waals surface area contributed by atoms with Crippen molar-refractivity contribution in [3.8, 4) is 0 Å². The molecule has 0 bridgehead atoms. The van der Waals surface area contributed by atoms with Gasteiger partial charge in [0.15, 0.2) is 0 Å². The maximum absolute atomic E-state index is 5.78. The van der Waals surface area contributed by atoms with Crippen molar-refractivity contribution >= 4 is 11.4 Å². The van der Waals surface area contributed by atoms with Gasteiger partial charge >= 0.3 is 0 Å². The molecule has 0 saturated carbocycles. The normalized spacial score (nSPS) is 14.5. The van der Waals surface area contributed by atoms with Crippen LogP contribution in [0.1, 0.15) is 11.1 Å². The number of rotatable bonds is 2. The number of hydrogen-bond acceptors (Lipinski definition) is 4. The average molecular weight is 250 g/mol. The van der Waals surface area contributed by atoms with Crippen molar-refractivity contribution in [2.75, 3.05) is 0 Å². The van der Waals surface area contributed by atoms with E-state index in [2.05, 4.69) is 10.5 Å². The Morgan fingerprint density at radius 3 is 2.05 bits per heavy atom. The zero-order chi connectivity index (χ0) is 13.1. The van der Waals surface area contributed by atoms with E-state index in [1.807, 2.05) is 66.7 Å². The minimum absolute atomic E-state index is 0.834. The number of hydrogen-bond donors (Lipinski definition) is 2. The Kier molecular flexibility index (Phi) is 3.00. The molecule has 0 spiro atoms. The monoisotopic (exact) mass is 250 g/mol. The molecule has 0 amide bonds. The summed E-state index contributed by atoms with van der Waals surface area (Å²) in [7, 11) is 0. The molecule has 3 rings (SSSR count). The summed E-state index contributed by atoms with van der Waals surface area (Å²) in [4.78, 5) is 0. The van der Waals surface area contributed by atoms with Gasteiger partial charge in [-0.15, -0.1) is 10.3 Å². The number of allylic oxidation sites excluding steroid dienone is 1. The predicted molar refractivity (Wildman–Crippen MR) is 76.6 cm³/mol. The fourth-order valence-electron chi connectivity index (χ4n) is 1.98. The molecule has 2 aromatic rings. The van der Waals surface area contributed by atoms with Crippen molar-refractivity contribution in [2.45, 2.75) is 0 Å². The molecular formula is C15H14N4. The van der Waals surface area contributed by atoms with E-state index in [4.69, 9.17) is 5.84 Å². The van der Waals surface area contributed by atoms with Gasteiger partial charge < -0.3 is 0 Å². The second-order valence-electron chi connectivity index (χ2n) is 4.23. The molecule has 19 heavy (non-hydrogen) atoms.